The fourth-order valence-electron chi connectivity index (χ4n) is 6.68. The van der Waals surface area contributed by atoms with Crippen molar-refractivity contribution >= 4 is 21.5 Å². The number of nitrogens with zero attached hydrogens (tertiary/aromatic N) is 5. The minimum absolute atomic E-state index is 0.167. The summed E-state index contributed by atoms with van der Waals surface area (Å²) < 4.78 is 69.8. The Kier molecular flexibility index (Phi) is 4.66. The second-order valence-electron chi connectivity index (χ2n) is 10.9. The Labute approximate surface area is 207 Å². The molecule has 1 aliphatic heterocycles. The molecule has 0 radical (unpaired) electrons. The number of hydrogen-bond acceptors (Lipinski definition) is 5. The van der Waals surface area contributed by atoms with Crippen LogP contribution in [0.1, 0.15) is 54.8 Å². The Hall–Kier alpha value is -2.66. The summed E-state index contributed by atoms with van der Waals surface area (Å²) in [6.07, 6.45) is 10.0. The van der Waals surface area contributed by atoms with Crippen molar-refractivity contribution in [3.8, 4) is 0 Å². The van der Waals surface area contributed by atoms with Crippen molar-refractivity contribution in [1.29, 1.82) is 0 Å². The van der Waals surface area contributed by atoms with Gasteiger partial charge in [-0.1, -0.05) is 12.1 Å². The number of halogens is 3. The highest BCUT2D eigenvalue weighted by atomic mass is 32.2. The van der Waals surface area contributed by atoms with Crippen LogP contribution >= 0.6 is 0 Å². The summed E-state index contributed by atoms with van der Waals surface area (Å²) in [6.45, 7) is -0.0294. The standard InChI is InChI=1S/C25H26F3N5O2S/c26-25(27,28)36(34,35)31-14-20-19(17-5-6-17)3-1-4-21(20)33(22(15-31)24-9-16(10-24)11-24)13-18-12-30-23-29-7-2-8-32(18)23/h1-4,7-8,12,16-17,22H,5-6,9-11,13-15H2. The summed E-state index contributed by atoms with van der Waals surface area (Å²) in [6, 6.07) is 7.31. The third-order valence-corrected chi connectivity index (χ3v) is 10.3. The molecule has 4 saturated carbocycles. The zero-order valence-corrected chi connectivity index (χ0v) is 20.3. The van der Waals surface area contributed by atoms with E-state index in [9.17, 15) is 21.6 Å². The molecule has 4 aliphatic carbocycles. The second kappa shape index (κ2) is 7.44. The Bertz CT molecular complexity index is 1450. The molecular weight excluding hydrogens is 491 g/mol. The third kappa shape index (κ3) is 3.24. The van der Waals surface area contributed by atoms with Gasteiger partial charge in [0.1, 0.15) is 0 Å². The van der Waals surface area contributed by atoms with Gasteiger partial charge in [0.2, 0.25) is 5.78 Å². The molecule has 1 atom stereocenters. The van der Waals surface area contributed by atoms with Gasteiger partial charge in [0, 0.05) is 37.2 Å². The fraction of sp³-hybridized carbons (Fsp3) is 0.520. The number of rotatable bonds is 5. The van der Waals surface area contributed by atoms with Crippen LogP contribution in [0.3, 0.4) is 0 Å². The lowest BCUT2D eigenvalue weighted by atomic mass is 9.41. The second-order valence-corrected chi connectivity index (χ2v) is 12.8. The van der Waals surface area contributed by atoms with Crippen molar-refractivity contribution in [2.45, 2.75) is 62.7 Å². The lowest BCUT2D eigenvalue weighted by molar-refractivity contribution is -0.129. The molecule has 8 rings (SSSR count). The van der Waals surface area contributed by atoms with Gasteiger partial charge in [-0.15, -0.1) is 0 Å². The molecule has 0 N–H and O–H groups in total. The van der Waals surface area contributed by atoms with Gasteiger partial charge in [-0.25, -0.2) is 18.4 Å². The van der Waals surface area contributed by atoms with E-state index < -0.39 is 15.5 Å². The first kappa shape index (κ1) is 22.5. The molecule has 0 saturated heterocycles. The van der Waals surface area contributed by atoms with Crippen molar-refractivity contribution in [1.82, 2.24) is 18.7 Å². The van der Waals surface area contributed by atoms with Crippen molar-refractivity contribution < 1.29 is 21.6 Å². The third-order valence-electron chi connectivity index (χ3n) is 8.72. The van der Waals surface area contributed by atoms with Gasteiger partial charge in [-0.05, 0) is 72.6 Å². The van der Waals surface area contributed by atoms with Crippen LogP contribution in [-0.4, -0.2) is 45.2 Å². The molecule has 5 aliphatic rings. The summed E-state index contributed by atoms with van der Waals surface area (Å²) >= 11 is 0. The molecular formula is C25H26F3N5O2S. The maximum Gasteiger partial charge on any atom is 0.511 e. The molecule has 190 valence electrons. The zero-order chi connectivity index (χ0) is 24.9. The lowest BCUT2D eigenvalue weighted by Gasteiger charge is -2.67. The Morgan fingerprint density at radius 2 is 1.86 bits per heavy atom. The van der Waals surface area contributed by atoms with Gasteiger partial charge < -0.3 is 4.90 Å². The van der Waals surface area contributed by atoms with E-state index in [0.29, 0.717) is 28.1 Å². The highest BCUT2D eigenvalue weighted by Crippen LogP contribution is 2.68. The first-order valence-corrected chi connectivity index (χ1v) is 13.8. The van der Waals surface area contributed by atoms with Gasteiger partial charge in [0.05, 0.1) is 18.4 Å². The number of fused-ring (bicyclic) bond motifs is 2. The van der Waals surface area contributed by atoms with E-state index in [0.717, 1.165) is 49.0 Å². The van der Waals surface area contributed by atoms with Gasteiger partial charge in [-0.2, -0.15) is 17.5 Å². The van der Waals surface area contributed by atoms with E-state index in [1.807, 2.05) is 34.9 Å². The minimum atomic E-state index is -5.49. The molecule has 7 nitrogen and oxygen atoms in total. The number of imidazole rings is 1. The van der Waals surface area contributed by atoms with E-state index >= 15 is 0 Å². The number of benzene rings is 1. The quantitative estimate of drug-likeness (QED) is 0.500. The number of aromatic nitrogens is 3. The van der Waals surface area contributed by atoms with Crippen molar-refractivity contribution in [2.24, 2.45) is 11.3 Å². The topological polar surface area (TPSA) is 70.8 Å². The van der Waals surface area contributed by atoms with E-state index in [4.69, 9.17) is 0 Å². The Morgan fingerprint density at radius 3 is 2.53 bits per heavy atom. The molecule has 2 aromatic heterocycles. The average molecular weight is 518 g/mol. The van der Waals surface area contributed by atoms with Gasteiger partial charge in [0.15, 0.2) is 0 Å². The van der Waals surface area contributed by atoms with E-state index in [1.165, 1.54) is 0 Å². The molecule has 4 fully saturated rings. The molecule has 11 heteroatoms. The molecule has 36 heavy (non-hydrogen) atoms. The first-order chi connectivity index (χ1) is 17.2. The normalized spacial score (nSPS) is 28.4. The van der Waals surface area contributed by atoms with Crippen LogP contribution < -0.4 is 4.90 Å². The van der Waals surface area contributed by atoms with E-state index in [2.05, 4.69) is 14.9 Å². The number of anilines is 1. The molecule has 3 heterocycles. The molecule has 1 unspecified atom stereocenters. The zero-order valence-electron chi connectivity index (χ0n) is 19.5. The predicted molar refractivity (Wildman–Crippen MR) is 127 cm³/mol. The van der Waals surface area contributed by atoms with E-state index in [1.54, 1.807) is 12.4 Å². The largest absolute Gasteiger partial charge is 0.511 e. The Morgan fingerprint density at radius 1 is 1.08 bits per heavy atom. The van der Waals surface area contributed by atoms with Crippen LogP contribution in [0.15, 0.2) is 42.9 Å². The monoisotopic (exact) mass is 517 g/mol. The smallest absolute Gasteiger partial charge is 0.360 e. The highest BCUT2D eigenvalue weighted by Gasteiger charge is 2.63. The molecule has 2 bridgehead atoms. The van der Waals surface area contributed by atoms with Crippen LogP contribution in [0, 0.1) is 11.3 Å². The van der Waals surface area contributed by atoms with Crippen LogP contribution in [-0.2, 0) is 23.1 Å². The first-order valence-electron chi connectivity index (χ1n) is 12.4. The number of sulfonamides is 1. The molecule has 0 amide bonds. The predicted octanol–water partition coefficient (Wildman–Crippen LogP) is 4.45. The fourth-order valence-corrected chi connectivity index (χ4v) is 7.61. The van der Waals surface area contributed by atoms with Gasteiger partial charge in [-0.3, -0.25) is 4.40 Å². The van der Waals surface area contributed by atoms with E-state index in [-0.39, 0.29) is 30.5 Å². The number of hydrogen-bond donors (Lipinski definition) is 0. The van der Waals surface area contributed by atoms with Gasteiger partial charge >= 0.3 is 15.5 Å². The summed E-state index contributed by atoms with van der Waals surface area (Å²) in [7, 11) is -5.49. The van der Waals surface area contributed by atoms with Gasteiger partial charge in [0.25, 0.3) is 0 Å². The molecule has 0 spiro atoms. The summed E-state index contributed by atoms with van der Waals surface area (Å²) in [5.74, 6) is 1.42. The van der Waals surface area contributed by atoms with Crippen LogP contribution in [0.25, 0.3) is 5.78 Å². The highest BCUT2D eigenvalue weighted by molar-refractivity contribution is 7.89. The van der Waals surface area contributed by atoms with Crippen LogP contribution in [0.2, 0.25) is 0 Å². The minimum Gasteiger partial charge on any atom is -0.360 e. The maximum atomic E-state index is 13.8. The van der Waals surface area contributed by atoms with Crippen molar-refractivity contribution in [2.75, 3.05) is 11.4 Å². The van der Waals surface area contributed by atoms with Crippen LogP contribution in [0.4, 0.5) is 18.9 Å². The molecule has 3 aromatic rings. The Balaban J connectivity index is 1.39. The summed E-state index contributed by atoms with van der Waals surface area (Å²) in [5, 5.41) is 0. The lowest BCUT2D eigenvalue weighted by Crippen LogP contribution is -2.66. The maximum absolute atomic E-state index is 13.8. The summed E-state index contributed by atoms with van der Waals surface area (Å²) in [4.78, 5) is 10.9. The molecule has 1 aromatic carbocycles. The van der Waals surface area contributed by atoms with Crippen molar-refractivity contribution in [3.05, 3.63) is 59.7 Å². The van der Waals surface area contributed by atoms with Crippen LogP contribution in [0.5, 0.6) is 0 Å². The van der Waals surface area contributed by atoms with Crippen molar-refractivity contribution in [3.63, 3.8) is 0 Å². The SMILES string of the molecule is O=S(=O)(N1Cc2c(C3CC3)cccc2N(Cc2cnc3ncccn23)C(C23CC(C2)C3)C1)C(F)(F)F. The number of alkyl halides is 3. The summed E-state index contributed by atoms with van der Waals surface area (Å²) in [5.41, 5.74) is -2.13. The average Bonchev–Trinajstić information content (AvgIpc) is 3.56.